The lowest BCUT2D eigenvalue weighted by Gasteiger charge is -2.18. The molecule has 2 nitrogen and oxygen atoms in total. The van der Waals surface area contributed by atoms with Crippen LogP contribution >= 0.6 is 24.0 Å². The van der Waals surface area contributed by atoms with Crippen molar-refractivity contribution in [2.75, 3.05) is 11.9 Å². The minimum Gasteiger partial charge on any atom is -0.355 e. The van der Waals surface area contributed by atoms with Crippen LogP contribution in [0.5, 0.6) is 0 Å². The van der Waals surface area contributed by atoms with Crippen LogP contribution in [-0.4, -0.2) is 12.3 Å². The molecule has 0 aliphatic heterocycles. The van der Waals surface area contributed by atoms with Crippen LogP contribution in [-0.2, 0) is 0 Å². The van der Waals surface area contributed by atoms with Crippen LogP contribution in [0.25, 0.3) is 5.57 Å². The van der Waals surface area contributed by atoms with E-state index >= 15 is 0 Å². The summed E-state index contributed by atoms with van der Waals surface area (Å²) in [6.45, 7) is 7.08. The Kier molecular flexibility index (Phi) is 8.32. The first-order valence-electron chi connectivity index (χ1n) is 10.9. The number of nitrogens with zero attached hydrogens (tertiary/aromatic N) is 1. The second kappa shape index (κ2) is 11.2. The summed E-state index contributed by atoms with van der Waals surface area (Å²) < 4.78 is 0. The summed E-state index contributed by atoms with van der Waals surface area (Å²) in [7, 11) is 0. The van der Waals surface area contributed by atoms with Gasteiger partial charge in [-0.15, -0.1) is 12.4 Å². The van der Waals surface area contributed by atoms with Crippen molar-refractivity contribution in [1.82, 2.24) is 0 Å². The van der Waals surface area contributed by atoms with Gasteiger partial charge in [0, 0.05) is 28.5 Å². The summed E-state index contributed by atoms with van der Waals surface area (Å²) in [4.78, 5) is 4.59. The molecule has 0 saturated carbocycles. The van der Waals surface area contributed by atoms with E-state index in [1.807, 2.05) is 36.4 Å². The van der Waals surface area contributed by atoms with Gasteiger partial charge in [-0.25, -0.2) is 0 Å². The Morgan fingerprint density at radius 3 is 2.30 bits per heavy atom. The summed E-state index contributed by atoms with van der Waals surface area (Å²) in [5.74, 6) is 0. The van der Waals surface area contributed by atoms with E-state index < -0.39 is 0 Å². The summed E-state index contributed by atoms with van der Waals surface area (Å²) in [5.41, 5.74) is 9.94. The van der Waals surface area contributed by atoms with E-state index in [4.69, 9.17) is 11.6 Å². The molecule has 0 spiro atoms. The highest BCUT2D eigenvalue weighted by molar-refractivity contribution is 6.32. The molecule has 0 unspecified atom stereocenters. The number of aliphatic imine (C=N–C) groups is 1. The Labute approximate surface area is 207 Å². The normalized spacial score (nSPS) is 15.6. The molecule has 3 aromatic carbocycles. The Bertz CT molecular complexity index is 1250. The smallest absolute Gasteiger partial charge is 0.0603 e. The lowest BCUT2D eigenvalue weighted by molar-refractivity contribution is 1.13. The van der Waals surface area contributed by atoms with E-state index in [0.717, 1.165) is 56.5 Å². The molecule has 1 N–H and O–H groups in total. The van der Waals surface area contributed by atoms with Crippen LogP contribution < -0.4 is 5.32 Å². The predicted molar refractivity (Wildman–Crippen MR) is 146 cm³/mol. The van der Waals surface area contributed by atoms with Crippen molar-refractivity contribution < 1.29 is 0 Å². The van der Waals surface area contributed by atoms with Gasteiger partial charge in [-0.3, -0.25) is 4.99 Å². The number of rotatable bonds is 5. The lowest BCUT2D eigenvalue weighted by Crippen LogP contribution is -2.04. The van der Waals surface area contributed by atoms with Crippen LogP contribution in [0.1, 0.15) is 30.5 Å². The fraction of sp³-hybridized carbons (Fsp3) is 0.138. The van der Waals surface area contributed by atoms with Gasteiger partial charge in [-0.05, 0) is 91.1 Å². The summed E-state index contributed by atoms with van der Waals surface area (Å²) in [6.07, 6.45) is 6.45. The molecule has 0 amide bonds. The second-order valence-electron chi connectivity index (χ2n) is 7.85. The highest BCUT2D eigenvalue weighted by atomic mass is 35.5. The predicted octanol–water partition coefficient (Wildman–Crippen LogP) is 8.59. The molecular weight excluding hydrogens is 447 g/mol. The number of anilines is 2. The maximum Gasteiger partial charge on any atom is 0.0603 e. The number of benzene rings is 3. The van der Waals surface area contributed by atoms with Gasteiger partial charge in [0.1, 0.15) is 0 Å². The number of halogens is 2. The highest BCUT2D eigenvalue weighted by Gasteiger charge is 2.16. The van der Waals surface area contributed by atoms with E-state index in [2.05, 4.69) is 85.7 Å². The number of aryl methyl sites for hydroxylation is 1. The molecule has 33 heavy (non-hydrogen) atoms. The topological polar surface area (TPSA) is 24.4 Å². The van der Waals surface area contributed by atoms with Crippen molar-refractivity contribution in [3.63, 3.8) is 0 Å². The van der Waals surface area contributed by atoms with Crippen LogP contribution in [0, 0.1) is 6.92 Å². The van der Waals surface area contributed by atoms with Crippen LogP contribution in [0.4, 0.5) is 11.4 Å². The van der Waals surface area contributed by atoms with E-state index in [0.29, 0.717) is 0 Å². The number of allylic oxidation sites excluding steroid dienone is 5. The zero-order chi connectivity index (χ0) is 22.5. The SMILES string of the molecule is CCN=C1C=C/C(=C(\c2ccc(Nc3ccccc3)c(C)c2)c2ccccc2Cl)C=C1C.Cl. The fourth-order valence-electron chi connectivity index (χ4n) is 3.94. The highest BCUT2D eigenvalue weighted by Crippen LogP contribution is 2.36. The quantitative estimate of drug-likeness (QED) is 0.393. The summed E-state index contributed by atoms with van der Waals surface area (Å²) in [5, 5.41) is 4.25. The van der Waals surface area contributed by atoms with Crippen molar-refractivity contribution in [2.45, 2.75) is 20.8 Å². The first-order chi connectivity index (χ1) is 15.6. The number of hydrogen-bond acceptors (Lipinski definition) is 2. The third-order valence-electron chi connectivity index (χ3n) is 5.52. The molecule has 4 heteroatoms. The lowest BCUT2D eigenvalue weighted by atomic mass is 9.88. The van der Waals surface area contributed by atoms with Crippen molar-refractivity contribution in [3.05, 3.63) is 124 Å². The molecular formula is C29H28Cl2N2. The minimum atomic E-state index is 0. The molecule has 1 aliphatic carbocycles. The molecule has 0 aromatic heterocycles. The second-order valence-corrected chi connectivity index (χ2v) is 8.26. The molecule has 0 heterocycles. The van der Waals surface area contributed by atoms with Gasteiger partial charge >= 0.3 is 0 Å². The van der Waals surface area contributed by atoms with Crippen LogP contribution in [0.2, 0.25) is 5.02 Å². The van der Waals surface area contributed by atoms with Crippen LogP contribution in [0.3, 0.4) is 0 Å². The molecule has 168 valence electrons. The maximum absolute atomic E-state index is 6.67. The third kappa shape index (κ3) is 5.65. The standard InChI is InChI=1S/C29H27ClN2.ClH/c1-4-31-27-16-14-22(18-20(27)2)29(25-12-8-9-13-26(25)30)23-15-17-28(21(3)19-23)32-24-10-6-5-7-11-24;/h5-19,32H,4H2,1-3H3;1H/b29-22-,31-27?;. The molecule has 0 bridgehead atoms. The molecule has 0 radical (unpaired) electrons. The molecule has 0 fully saturated rings. The average Bonchev–Trinajstić information content (AvgIpc) is 2.80. The zero-order valence-electron chi connectivity index (χ0n) is 19.1. The van der Waals surface area contributed by atoms with Crippen molar-refractivity contribution in [3.8, 4) is 0 Å². The van der Waals surface area contributed by atoms with E-state index in [1.54, 1.807) is 0 Å². The first-order valence-corrected chi connectivity index (χ1v) is 11.3. The van der Waals surface area contributed by atoms with Gasteiger partial charge in [0.15, 0.2) is 0 Å². The number of hydrogen-bond donors (Lipinski definition) is 1. The van der Waals surface area contributed by atoms with E-state index in [1.165, 1.54) is 5.56 Å². The van der Waals surface area contributed by atoms with Gasteiger partial charge in [0.25, 0.3) is 0 Å². The van der Waals surface area contributed by atoms with Crippen molar-refractivity contribution in [2.24, 2.45) is 4.99 Å². The Morgan fingerprint density at radius 2 is 1.64 bits per heavy atom. The monoisotopic (exact) mass is 474 g/mol. The number of para-hydroxylation sites is 1. The van der Waals surface area contributed by atoms with Crippen LogP contribution in [0.15, 0.2) is 107 Å². The Balaban J connectivity index is 0.00000306. The van der Waals surface area contributed by atoms with Gasteiger partial charge < -0.3 is 5.32 Å². The minimum absolute atomic E-state index is 0. The molecule has 3 aromatic rings. The van der Waals surface area contributed by atoms with Gasteiger partial charge in [-0.2, -0.15) is 0 Å². The Hall–Kier alpha value is -3.07. The van der Waals surface area contributed by atoms with Gasteiger partial charge in [0.05, 0.1) is 5.71 Å². The van der Waals surface area contributed by atoms with E-state index in [-0.39, 0.29) is 12.4 Å². The average molecular weight is 475 g/mol. The molecule has 0 atom stereocenters. The number of nitrogens with one attached hydrogen (secondary N) is 1. The maximum atomic E-state index is 6.67. The summed E-state index contributed by atoms with van der Waals surface area (Å²) in [6, 6.07) is 24.8. The van der Waals surface area contributed by atoms with Gasteiger partial charge in [-0.1, -0.05) is 60.1 Å². The molecule has 1 aliphatic rings. The third-order valence-corrected chi connectivity index (χ3v) is 5.85. The largest absolute Gasteiger partial charge is 0.355 e. The Morgan fingerprint density at radius 1 is 0.909 bits per heavy atom. The summed E-state index contributed by atoms with van der Waals surface area (Å²) >= 11 is 6.67. The van der Waals surface area contributed by atoms with Crippen molar-refractivity contribution >= 4 is 46.7 Å². The zero-order valence-corrected chi connectivity index (χ0v) is 20.7. The molecule has 0 saturated heterocycles. The first kappa shape index (κ1) is 24.6. The molecule has 4 rings (SSSR count). The van der Waals surface area contributed by atoms with Crippen molar-refractivity contribution in [1.29, 1.82) is 0 Å². The van der Waals surface area contributed by atoms with E-state index in [9.17, 15) is 0 Å². The fourth-order valence-corrected chi connectivity index (χ4v) is 4.17. The van der Waals surface area contributed by atoms with Gasteiger partial charge in [0.2, 0.25) is 0 Å².